The van der Waals surface area contributed by atoms with E-state index in [-0.39, 0.29) is 24.0 Å². The van der Waals surface area contributed by atoms with E-state index in [2.05, 4.69) is 29.6 Å². The molecule has 2 N–H and O–H groups in total. The zero-order valence-corrected chi connectivity index (χ0v) is 15.7. The summed E-state index contributed by atoms with van der Waals surface area (Å²) in [5.41, 5.74) is 2.41. The summed E-state index contributed by atoms with van der Waals surface area (Å²) in [6, 6.07) is 20.5. The van der Waals surface area contributed by atoms with Gasteiger partial charge >= 0.3 is 5.97 Å². The number of hydrogen-bond donors (Lipinski definition) is 2. The van der Waals surface area contributed by atoms with Crippen molar-refractivity contribution in [3.63, 3.8) is 0 Å². The fourth-order valence-corrected chi connectivity index (χ4v) is 4.68. The van der Waals surface area contributed by atoms with E-state index in [9.17, 15) is 14.7 Å². The summed E-state index contributed by atoms with van der Waals surface area (Å²) in [5.74, 6) is -2.26. The van der Waals surface area contributed by atoms with Gasteiger partial charge in [-0.15, -0.1) is 0 Å². The molecule has 0 saturated carbocycles. The number of carbonyl (C=O) groups is 2. The average molecular weight is 379 g/mol. The van der Waals surface area contributed by atoms with E-state index < -0.39 is 17.8 Å². The molecule has 2 aliphatic heterocycles. The number of nitrogens with one attached hydrogen (secondary N) is 1. The van der Waals surface area contributed by atoms with Gasteiger partial charge in [0.2, 0.25) is 5.91 Å². The van der Waals surface area contributed by atoms with Crippen LogP contribution in [0.15, 0.2) is 60.7 Å². The first-order chi connectivity index (χ1) is 13.6. The number of benzene rings is 2. The summed E-state index contributed by atoms with van der Waals surface area (Å²) in [4.78, 5) is 24.3. The highest BCUT2D eigenvalue weighted by Gasteiger charge is 2.55. The van der Waals surface area contributed by atoms with Crippen LogP contribution < -0.4 is 5.32 Å². The van der Waals surface area contributed by atoms with E-state index >= 15 is 0 Å². The van der Waals surface area contributed by atoms with Crippen LogP contribution in [0.5, 0.6) is 0 Å². The number of fused-ring (bicyclic) bond motifs is 2. The molecule has 2 fully saturated rings. The molecule has 0 radical (unpaired) electrons. The lowest BCUT2D eigenvalue weighted by Crippen LogP contribution is -2.44. The van der Waals surface area contributed by atoms with Gasteiger partial charge in [-0.2, -0.15) is 0 Å². The van der Waals surface area contributed by atoms with E-state index in [4.69, 9.17) is 4.74 Å². The molecule has 0 unspecified atom stereocenters. The molecule has 146 valence electrons. The number of rotatable bonds is 7. The fourth-order valence-electron chi connectivity index (χ4n) is 4.68. The van der Waals surface area contributed by atoms with Crippen molar-refractivity contribution >= 4 is 11.9 Å². The van der Waals surface area contributed by atoms with Crippen LogP contribution in [-0.2, 0) is 14.3 Å². The van der Waals surface area contributed by atoms with Gasteiger partial charge in [0.25, 0.3) is 0 Å². The van der Waals surface area contributed by atoms with Gasteiger partial charge in [-0.25, -0.2) is 0 Å². The highest BCUT2D eigenvalue weighted by Crippen LogP contribution is 2.43. The molecule has 2 heterocycles. The molecule has 0 aromatic heterocycles. The standard InChI is InChI=1S/C23H25NO4/c25-22(20-18-11-12-19(28-18)21(20)23(26)27)24-14-13-17(15-7-3-1-4-8-15)16-9-5-2-6-10-16/h1-10,17-21H,11-14H2,(H,24,25)(H,26,27)/t18-,19-,20+,21-/m0/s1. The normalized spacial score (nSPS) is 25.8. The van der Waals surface area contributed by atoms with Gasteiger partial charge in [0, 0.05) is 12.5 Å². The molecule has 4 atom stereocenters. The highest BCUT2D eigenvalue weighted by molar-refractivity contribution is 5.86. The maximum absolute atomic E-state index is 12.8. The third-order valence-corrected chi connectivity index (χ3v) is 6.00. The molecule has 5 nitrogen and oxygen atoms in total. The maximum Gasteiger partial charge on any atom is 0.310 e. The molecule has 2 bridgehead atoms. The molecular formula is C23H25NO4. The second kappa shape index (κ2) is 8.15. The highest BCUT2D eigenvalue weighted by atomic mass is 16.5. The summed E-state index contributed by atoms with van der Waals surface area (Å²) >= 11 is 0. The van der Waals surface area contributed by atoms with Crippen molar-refractivity contribution in [1.29, 1.82) is 0 Å². The van der Waals surface area contributed by atoms with Crippen LogP contribution in [0, 0.1) is 11.8 Å². The molecule has 0 spiro atoms. The van der Waals surface area contributed by atoms with Gasteiger partial charge in [-0.3, -0.25) is 9.59 Å². The van der Waals surface area contributed by atoms with Gasteiger partial charge in [0.05, 0.1) is 24.0 Å². The predicted molar refractivity (Wildman–Crippen MR) is 105 cm³/mol. The van der Waals surface area contributed by atoms with E-state index in [1.807, 2.05) is 36.4 Å². The number of amides is 1. The van der Waals surface area contributed by atoms with Crippen molar-refractivity contribution in [2.45, 2.75) is 37.4 Å². The van der Waals surface area contributed by atoms with Crippen molar-refractivity contribution in [3.05, 3.63) is 71.8 Å². The second-order valence-electron chi connectivity index (χ2n) is 7.63. The number of carboxylic acids is 1. The van der Waals surface area contributed by atoms with Gasteiger partial charge in [-0.1, -0.05) is 60.7 Å². The van der Waals surface area contributed by atoms with E-state index in [0.29, 0.717) is 6.54 Å². The Morgan fingerprint density at radius 1 is 0.929 bits per heavy atom. The molecule has 5 heteroatoms. The number of aliphatic carboxylic acids is 1. The number of carbonyl (C=O) groups excluding carboxylic acids is 1. The largest absolute Gasteiger partial charge is 0.481 e. The van der Waals surface area contributed by atoms with Gasteiger partial charge < -0.3 is 15.2 Å². The van der Waals surface area contributed by atoms with Gasteiger partial charge in [0.15, 0.2) is 0 Å². The summed E-state index contributed by atoms with van der Waals surface area (Å²) < 4.78 is 5.70. The van der Waals surface area contributed by atoms with Gasteiger partial charge in [-0.05, 0) is 30.4 Å². The molecule has 2 aliphatic rings. The number of hydrogen-bond acceptors (Lipinski definition) is 3. The fraction of sp³-hybridized carbons (Fsp3) is 0.391. The average Bonchev–Trinajstić information content (AvgIpc) is 3.34. The molecule has 1 amide bonds. The lowest BCUT2D eigenvalue weighted by molar-refractivity contribution is -0.147. The lowest BCUT2D eigenvalue weighted by Gasteiger charge is -2.24. The van der Waals surface area contributed by atoms with Crippen LogP contribution >= 0.6 is 0 Å². The Kier molecular flexibility index (Phi) is 5.44. The SMILES string of the molecule is O=C(O)[C@@H]1[C@H](C(=O)NCCC(c2ccccc2)c2ccccc2)[C@@H]2CC[C@@H]1O2. The van der Waals surface area contributed by atoms with Crippen molar-refractivity contribution < 1.29 is 19.4 Å². The van der Waals surface area contributed by atoms with Crippen LogP contribution in [0.1, 0.15) is 36.3 Å². The van der Waals surface area contributed by atoms with Crippen molar-refractivity contribution in [3.8, 4) is 0 Å². The second-order valence-corrected chi connectivity index (χ2v) is 7.63. The topological polar surface area (TPSA) is 75.6 Å². The first kappa shape index (κ1) is 18.7. The summed E-state index contributed by atoms with van der Waals surface area (Å²) in [6.45, 7) is 0.494. The number of carboxylic acid groups (broad SMARTS) is 1. The molecule has 2 aromatic rings. The Labute approximate surface area is 164 Å². The number of ether oxygens (including phenoxy) is 1. The summed E-state index contributed by atoms with van der Waals surface area (Å²) in [5, 5.41) is 12.5. The van der Waals surface area contributed by atoms with Crippen molar-refractivity contribution in [2.75, 3.05) is 6.54 Å². The molecular weight excluding hydrogens is 354 g/mol. The molecule has 28 heavy (non-hydrogen) atoms. The Morgan fingerprint density at radius 2 is 1.46 bits per heavy atom. The van der Waals surface area contributed by atoms with Crippen LogP contribution in [0.4, 0.5) is 0 Å². The quantitative estimate of drug-likeness (QED) is 0.775. The Morgan fingerprint density at radius 3 is 2.00 bits per heavy atom. The Balaban J connectivity index is 1.42. The van der Waals surface area contributed by atoms with E-state index in [1.165, 1.54) is 11.1 Å². The third-order valence-electron chi connectivity index (χ3n) is 6.00. The van der Waals surface area contributed by atoms with Crippen LogP contribution in [-0.4, -0.2) is 35.7 Å². The zero-order valence-electron chi connectivity index (χ0n) is 15.7. The van der Waals surface area contributed by atoms with Crippen LogP contribution in [0.2, 0.25) is 0 Å². The zero-order chi connectivity index (χ0) is 19.5. The first-order valence-electron chi connectivity index (χ1n) is 9.91. The monoisotopic (exact) mass is 379 g/mol. The predicted octanol–water partition coefficient (Wildman–Crippen LogP) is 3.20. The minimum absolute atomic E-state index is 0.175. The molecule has 2 saturated heterocycles. The van der Waals surface area contributed by atoms with Crippen molar-refractivity contribution in [2.24, 2.45) is 11.8 Å². The summed E-state index contributed by atoms with van der Waals surface area (Å²) in [6.07, 6.45) is 1.67. The maximum atomic E-state index is 12.8. The van der Waals surface area contributed by atoms with E-state index in [0.717, 1.165) is 19.3 Å². The molecule has 2 aromatic carbocycles. The smallest absolute Gasteiger partial charge is 0.310 e. The molecule has 0 aliphatic carbocycles. The summed E-state index contributed by atoms with van der Waals surface area (Å²) in [7, 11) is 0. The van der Waals surface area contributed by atoms with Crippen LogP contribution in [0.3, 0.4) is 0 Å². The minimum atomic E-state index is -0.932. The third kappa shape index (κ3) is 3.67. The molecule has 4 rings (SSSR count). The van der Waals surface area contributed by atoms with Gasteiger partial charge in [0.1, 0.15) is 0 Å². The van der Waals surface area contributed by atoms with Crippen LogP contribution in [0.25, 0.3) is 0 Å². The Bertz CT molecular complexity index is 784. The minimum Gasteiger partial charge on any atom is -0.481 e. The lowest BCUT2D eigenvalue weighted by atomic mass is 9.78. The Hall–Kier alpha value is -2.66. The van der Waals surface area contributed by atoms with E-state index in [1.54, 1.807) is 0 Å². The van der Waals surface area contributed by atoms with Crippen molar-refractivity contribution in [1.82, 2.24) is 5.32 Å². The first-order valence-corrected chi connectivity index (χ1v) is 9.91.